The van der Waals surface area contributed by atoms with Crippen LogP contribution in [0.2, 0.25) is 5.02 Å². The molecule has 4 rings (SSSR count). The van der Waals surface area contributed by atoms with Crippen LogP contribution in [0.4, 0.5) is 8.78 Å². The highest BCUT2D eigenvalue weighted by molar-refractivity contribution is 7.07. The number of ether oxygens (including phenoxy) is 1. The number of rotatable bonds is 4. The van der Waals surface area contributed by atoms with E-state index in [1.807, 2.05) is 0 Å². The van der Waals surface area contributed by atoms with Crippen molar-refractivity contribution in [1.82, 2.24) is 4.57 Å². The maximum Gasteiger partial charge on any atom is 0.338 e. The molecule has 0 saturated heterocycles. The molecule has 2 heterocycles. The van der Waals surface area contributed by atoms with Crippen molar-refractivity contribution in [2.24, 2.45) is 4.99 Å². The molecule has 1 aromatic heterocycles. The third kappa shape index (κ3) is 3.80. The van der Waals surface area contributed by atoms with Gasteiger partial charge in [0, 0.05) is 11.1 Å². The van der Waals surface area contributed by atoms with Gasteiger partial charge in [0.15, 0.2) is 4.80 Å². The van der Waals surface area contributed by atoms with Gasteiger partial charge in [0.2, 0.25) is 0 Å². The largest absolute Gasteiger partial charge is 0.463 e. The summed E-state index contributed by atoms with van der Waals surface area (Å²) in [6, 6.07) is 9.02. The van der Waals surface area contributed by atoms with E-state index < -0.39 is 29.2 Å². The second kappa shape index (κ2) is 8.80. The average molecular weight is 475 g/mol. The number of halogens is 3. The molecule has 0 amide bonds. The molecule has 1 atom stereocenters. The van der Waals surface area contributed by atoms with Gasteiger partial charge >= 0.3 is 5.97 Å². The zero-order valence-electron chi connectivity index (χ0n) is 17.1. The molecule has 0 saturated carbocycles. The number of hydrogen-bond acceptors (Lipinski definition) is 5. The SMILES string of the molecule is CCOC(=O)C1=C(C)N=c2sc(=Cc3c(F)cccc3Cl)c(=O)n2[C@@H]1c1ccccc1F. The van der Waals surface area contributed by atoms with Crippen molar-refractivity contribution in [3.8, 4) is 0 Å². The van der Waals surface area contributed by atoms with E-state index in [1.165, 1.54) is 47.0 Å². The van der Waals surface area contributed by atoms with Crippen molar-refractivity contribution in [2.75, 3.05) is 6.61 Å². The Hall–Kier alpha value is -3.10. The van der Waals surface area contributed by atoms with E-state index >= 15 is 0 Å². The van der Waals surface area contributed by atoms with Gasteiger partial charge in [-0.05, 0) is 38.1 Å². The number of thiazole rings is 1. The quantitative estimate of drug-likeness (QED) is 0.541. The number of aromatic nitrogens is 1. The van der Waals surface area contributed by atoms with Gasteiger partial charge < -0.3 is 4.74 Å². The van der Waals surface area contributed by atoms with Gasteiger partial charge in [-0.2, -0.15) is 0 Å². The topological polar surface area (TPSA) is 60.7 Å². The summed E-state index contributed by atoms with van der Waals surface area (Å²) in [7, 11) is 0. The first-order valence-corrected chi connectivity index (χ1v) is 10.9. The molecule has 0 unspecified atom stereocenters. The van der Waals surface area contributed by atoms with Crippen molar-refractivity contribution in [3.63, 3.8) is 0 Å². The third-order valence-corrected chi connectivity index (χ3v) is 6.30. The molecule has 9 heteroatoms. The van der Waals surface area contributed by atoms with Crippen LogP contribution in [0.5, 0.6) is 0 Å². The van der Waals surface area contributed by atoms with Gasteiger partial charge in [-0.1, -0.05) is 47.2 Å². The minimum Gasteiger partial charge on any atom is -0.463 e. The minimum absolute atomic E-state index is 0.0585. The molecule has 164 valence electrons. The average Bonchev–Trinajstić information content (AvgIpc) is 3.05. The first kappa shape index (κ1) is 22.1. The molecule has 5 nitrogen and oxygen atoms in total. The number of fused-ring (bicyclic) bond motifs is 1. The summed E-state index contributed by atoms with van der Waals surface area (Å²) >= 11 is 7.11. The molecule has 1 aliphatic rings. The van der Waals surface area contributed by atoms with Crippen LogP contribution < -0.4 is 14.9 Å². The predicted octanol–water partition coefficient (Wildman–Crippen LogP) is 3.73. The fourth-order valence-corrected chi connectivity index (χ4v) is 4.81. The Morgan fingerprint density at radius 2 is 1.94 bits per heavy atom. The Morgan fingerprint density at radius 1 is 1.22 bits per heavy atom. The number of esters is 1. The van der Waals surface area contributed by atoms with Crippen LogP contribution in [0.25, 0.3) is 6.08 Å². The normalized spacial score (nSPS) is 16.0. The van der Waals surface area contributed by atoms with Crippen LogP contribution in [-0.2, 0) is 9.53 Å². The van der Waals surface area contributed by atoms with Crippen LogP contribution in [0, 0.1) is 11.6 Å². The molecular weight excluding hydrogens is 458 g/mol. The molecule has 32 heavy (non-hydrogen) atoms. The zero-order valence-corrected chi connectivity index (χ0v) is 18.6. The van der Waals surface area contributed by atoms with E-state index in [2.05, 4.69) is 4.99 Å². The van der Waals surface area contributed by atoms with Gasteiger partial charge in [-0.3, -0.25) is 9.36 Å². The molecule has 0 fully saturated rings. The van der Waals surface area contributed by atoms with Crippen molar-refractivity contribution in [2.45, 2.75) is 19.9 Å². The summed E-state index contributed by atoms with van der Waals surface area (Å²) in [5, 5.41) is 0.143. The number of carbonyl (C=O) groups is 1. The zero-order chi connectivity index (χ0) is 23.0. The maximum atomic E-state index is 14.8. The van der Waals surface area contributed by atoms with Crippen molar-refractivity contribution < 1.29 is 18.3 Å². The summed E-state index contributed by atoms with van der Waals surface area (Å²) in [5.74, 6) is -1.86. The number of carbonyl (C=O) groups excluding carboxylic acids is 1. The summed E-state index contributed by atoms with van der Waals surface area (Å²) in [4.78, 5) is 30.8. The summed E-state index contributed by atoms with van der Waals surface area (Å²) in [6.45, 7) is 3.36. The van der Waals surface area contributed by atoms with Crippen LogP contribution in [0.1, 0.15) is 31.0 Å². The van der Waals surface area contributed by atoms with Crippen LogP contribution in [-0.4, -0.2) is 17.1 Å². The standard InChI is InChI=1S/C23H17ClF2N2O3S/c1-3-31-22(30)19-12(2)27-23-28(20(19)13-7-4-5-9-16(13)25)21(29)18(32-23)11-14-15(24)8-6-10-17(14)26/h4-11,20H,3H2,1-2H3/t20-/m1/s1. The van der Waals surface area contributed by atoms with E-state index in [9.17, 15) is 18.4 Å². The van der Waals surface area contributed by atoms with Crippen molar-refractivity contribution >= 4 is 35.0 Å². The highest BCUT2D eigenvalue weighted by Crippen LogP contribution is 2.32. The molecule has 0 aliphatic carbocycles. The lowest BCUT2D eigenvalue weighted by atomic mass is 9.95. The van der Waals surface area contributed by atoms with Crippen LogP contribution in [0.15, 0.2) is 63.5 Å². The van der Waals surface area contributed by atoms with Crippen LogP contribution in [0.3, 0.4) is 0 Å². The third-order valence-electron chi connectivity index (χ3n) is 4.99. The Labute approximate surface area is 190 Å². The summed E-state index contributed by atoms with van der Waals surface area (Å²) in [6.07, 6.45) is 1.34. The summed E-state index contributed by atoms with van der Waals surface area (Å²) in [5.41, 5.74) is 0.0218. The lowest BCUT2D eigenvalue weighted by Gasteiger charge is -2.24. The molecule has 0 spiro atoms. The highest BCUT2D eigenvalue weighted by Gasteiger charge is 2.34. The number of allylic oxidation sites excluding steroid dienone is 1. The molecule has 0 radical (unpaired) electrons. The first-order valence-electron chi connectivity index (χ1n) is 9.71. The Bertz CT molecular complexity index is 1420. The second-order valence-electron chi connectivity index (χ2n) is 6.96. The second-order valence-corrected chi connectivity index (χ2v) is 8.38. The van der Waals surface area contributed by atoms with E-state index in [1.54, 1.807) is 19.9 Å². The monoisotopic (exact) mass is 474 g/mol. The molecular formula is C23H17ClF2N2O3S. The molecule has 3 aromatic rings. The maximum absolute atomic E-state index is 14.8. The van der Waals surface area contributed by atoms with E-state index in [0.717, 1.165) is 11.3 Å². The Morgan fingerprint density at radius 3 is 2.62 bits per heavy atom. The predicted molar refractivity (Wildman–Crippen MR) is 118 cm³/mol. The lowest BCUT2D eigenvalue weighted by Crippen LogP contribution is -2.40. The number of hydrogen-bond donors (Lipinski definition) is 0. The molecule has 2 aromatic carbocycles. The Kier molecular flexibility index (Phi) is 6.08. The van der Waals surface area contributed by atoms with Crippen molar-refractivity contribution in [1.29, 1.82) is 0 Å². The first-order chi connectivity index (χ1) is 15.3. The van der Waals surface area contributed by atoms with Gasteiger partial charge in [0.1, 0.15) is 17.7 Å². The lowest BCUT2D eigenvalue weighted by molar-refractivity contribution is -0.139. The molecule has 0 N–H and O–H groups in total. The smallest absolute Gasteiger partial charge is 0.338 e. The van der Waals surface area contributed by atoms with Crippen LogP contribution >= 0.6 is 22.9 Å². The number of nitrogens with zero attached hydrogens (tertiary/aromatic N) is 2. The van der Waals surface area contributed by atoms with E-state index in [0.29, 0.717) is 5.70 Å². The van der Waals surface area contributed by atoms with Gasteiger partial charge in [-0.15, -0.1) is 0 Å². The number of benzene rings is 2. The van der Waals surface area contributed by atoms with Crippen molar-refractivity contribution in [3.05, 3.63) is 101 Å². The van der Waals surface area contributed by atoms with Gasteiger partial charge in [0.25, 0.3) is 5.56 Å². The van der Waals surface area contributed by atoms with Gasteiger partial charge in [0.05, 0.1) is 27.4 Å². The highest BCUT2D eigenvalue weighted by atomic mass is 35.5. The summed E-state index contributed by atoms with van der Waals surface area (Å²) < 4.78 is 35.7. The van der Waals surface area contributed by atoms with E-state index in [-0.39, 0.29) is 37.7 Å². The molecule has 1 aliphatic heterocycles. The molecule has 0 bridgehead atoms. The van der Waals surface area contributed by atoms with E-state index in [4.69, 9.17) is 16.3 Å². The fourth-order valence-electron chi connectivity index (χ4n) is 3.56. The van der Waals surface area contributed by atoms with Gasteiger partial charge in [-0.25, -0.2) is 18.6 Å². The Balaban J connectivity index is 2.02. The minimum atomic E-state index is -1.08. The fraction of sp³-hybridized carbons (Fsp3) is 0.174.